The van der Waals surface area contributed by atoms with Crippen molar-refractivity contribution in [1.29, 1.82) is 0 Å². The normalized spacial score (nSPS) is 22.0. The maximum Gasteiger partial charge on any atom is 0.416 e. The fourth-order valence-corrected chi connectivity index (χ4v) is 3.54. The predicted molar refractivity (Wildman–Crippen MR) is 95.1 cm³/mol. The Hall–Kier alpha value is -1.84. The number of carbonyl (C=O) groups is 1. The van der Waals surface area contributed by atoms with Crippen LogP contribution in [0.2, 0.25) is 0 Å². The molecule has 2 aliphatic rings. The van der Waals surface area contributed by atoms with E-state index in [0.717, 1.165) is 38.2 Å². The molecule has 2 atom stereocenters. The molecule has 2 aliphatic heterocycles. The summed E-state index contributed by atoms with van der Waals surface area (Å²) in [5.41, 5.74) is -0.806. The SMILES string of the molecule is O=C(COc1cccc(C(F)(F)F)c1)NCC(C1CCOC1)N1CCOCC1. The summed E-state index contributed by atoms with van der Waals surface area (Å²) in [6, 6.07) is 4.65. The molecule has 1 aromatic rings. The van der Waals surface area contributed by atoms with Crippen molar-refractivity contribution in [2.45, 2.75) is 18.6 Å². The van der Waals surface area contributed by atoms with Crippen LogP contribution < -0.4 is 10.1 Å². The van der Waals surface area contributed by atoms with E-state index in [1.807, 2.05) is 0 Å². The van der Waals surface area contributed by atoms with Gasteiger partial charge in [-0.05, 0) is 24.6 Å². The molecular weight excluding hydrogens is 377 g/mol. The molecule has 3 rings (SSSR count). The molecule has 6 nitrogen and oxygen atoms in total. The first-order valence-corrected chi connectivity index (χ1v) is 9.40. The Morgan fingerprint density at radius 1 is 1.25 bits per heavy atom. The molecular formula is C19H25F3N2O4. The smallest absolute Gasteiger partial charge is 0.416 e. The van der Waals surface area contributed by atoms with Gasteiger partial charge in [0.25, 0.3) is 5.91 Å². The first kappa shape index (κ1) is 20.9. The van der Waals surface area contributed by atoms with Gasteiger partial charge in [-0.15, -0.1) is 0 Å². The van der Waals surface area contributed by atoms with E-state index in [1.165, 1.54) is 12.1 Å². The summed E-state index contributed by atoms with van der Waals surface area (Å²) in [6.07, 6.45) is -3.50. The number of carbonyl (C=O) groups excluding carboxylic acids is 1. The van der Waals surface area contributed by atoms with Gasteiger partial charge < -0.3 is 19.5 Å². The van der Waals surface area contributed by atoms with E-state index in [1.54, 1.807) is 0 Å². The Balaban J connectivity index is 1.50. The van der Waals surface area contributed by atoms with Crippen LogP contribution in [0.3, 0.4) is 0 Å². The molecule has 2 fully saturated rings. The average Bonchev–Trinajstić information content (AvgIpc) is 3.21. The highest BCUT2D eigenvalue weighted by atomic mass is 19.4. The van der Waals surface area contributed by atoms with Crippen LogP contribution in [0.4, 0.5) is 13.2 Å². The van der Waals surface area contributed by atoms with Gasteiger partial charge >= 0.3 is 6.18 Å². The van der Waals surface area contributed by atoms with Crippen molar-refractivity contribution < 1.29 is 32.2 Å². The molecule has 156 valence electrons. The fraction of sp³-hybridized carbons (Fsp3) is 0.632. The molecule has 0 saturated carbocycles. The molecule has 9 heteroatoms. The second kappa shape index (κ2) is 9.58. The standard InChI is InChI=1S/C19H25F3N2O4/c20-19(21,22)15-2-1-3-16(10-15)28-13-18(25)23-11-17(14-4-7-27-12-14)24-5-8-26-9-6-24/h1-3,10,14,17H,4-9,11-13H2,(H,23,25). The van der Waals surface area contributed by atoms with E-state index in [0.29, 0.717) is 32.3 Å². The van der Waals surface area contributed by atoms with Crippen LogP contribution in [0.15, 0.2) is 24.3 Å². The van der Waals surface area contributed by atoms with Gasteiger partial charge in [0.1, 0.15) is 5.75 Å². The highest BCUT2D eigenvalue weighted by Gasteiger charge is 2.32. The van der Waals surface area contributed by atoms with Gasteiger partial charge in [-0.1, -0.05) is 6.07 Å². The summed E-state index contributed by atoms with van der Waals surface area (Å²) < 4.78 is 54.4. The van der Waals surface area contributed by atoms with E-state index in [2.05, 4.69) is 10.2 Å². The number of nitrogens with one attached hydrogen (secondary N) is 1. The van der Waals surface area contributed by atoms with Gasteiger partial charge in [0.05, 0.1) is 25.4 Å². The van der Waals surface area contributed by atoms with Gasteiger partial charge in [-0.25, -0.2) is 0 Å². The second-order valence-electron chi connectivity index (χ2n) is 6.96. The minimum atomic E-state index is -4.45. The summed E-state index contributed by atoms with van der Waals surface area (Å²) in [5.74, 6) is -0.0173. The number of hydrogen-bond donors (Lipinski definition) is 1. The zero-order valence-corrected chi connectivity index (χ0v) is 15.5. The first-order valence-electron chi connectivity index (χ1n) is 9.40. The Morgan fingerprint density at radius 3 is 2.71 bits per heavy atom. The molecule has 1 aromatic carbocycles. The van der Waals surface area contributed by atoms with Crippen molar-refractivity contribution in [1.82, 2.24) is 10.2 Å². The van der Waals surface area contributed by atoms with Crippen molar-refractivity contribution in [3.05, 3.63) is 29.8 Å². The monoisotopic (exact) mass is 402 g/mol. The fourth-order valence-electron chi connectivity index (χ4n) is 3.54. The van der Waals surface area contributed by atoms with Crippen molar-refractivity contribution in [2.24, 2.45) is 5.92 Å². The maximum absolute atomic E-state index is 12.7. The number of hydrogen-bond acceptors (Lipinski definition) is 5. The zero-order valence-electron chi connectivity index (χ0n) is 15.5. The molecule has 2 unspecified atom stereocenters. The largest absolute Gasteiger partial charge is 0.484 e. The number of benzene rings is 1. The third-order valence-corrected chi connectivity index (χ3v) is 5.06. The minimum Gasteiger partial charge on any atom is -0.484 e. The highest BCUT2D eigenvalue weighted by molar-refractivity contribution is 5.77. The highest BCUT2D eigenvalue weighted by Crippen LogP contribution is 2.31. The second-order valence-corrected chi connectivity index (χ2v) is 6.96. The quantitative estimate of drug-likeness (QED) is 0.756. The Bertz CT molecular complexity index is 644. The Kier molecular flexibility index (Phi) is 7.14. The lowest BCUT2D eigenvalue weighted by Crippen LogP contribution is -2.52. The van der Waals surface area contributed by atoms with E-state index in [-0.39, 0.29) is 24.3 Å². The molecule has 0 aliphatic carbocycles. The molecule has 0 spiro atoms. The van der Waals surface area contributed by atoms with Gasteiger partial charge in [-0.3, -0.25) is 9.69 Å². The summed E-state index contributed by atoms with van der Waals surface area (Å²) in [6.45, 7) is 4.43. The lowest BCUT2D eigenvalue weighted by atomic mass is 9.97. The first-order chi connectivity index (χ1) is 13.4. The van der Waals surface area contributed by atoms with Crippen LogP contribution in [0.5, 0.6) is 5.75 Å². The third kappa shape index (κ3) is 5.83. The molecule has 28 heavy (non-hydrogen) atoms. The summed E-state index contributed by atoms with van der Waals surface area (Å²) in [7, 11) is 0. The zero-order chi connectivity index (χ0) is 20.0. The number of rotatable bonds is 7. The number of alkyl halides is 3. The van der Waals surface area contributed by atoms with E-state index >= 15 is 0 Å². The molecule has 1 amide bonds. The molecule has 2 saturated heterocycles. The number of morpholine rings is 1. The van der Waals surface area contributed by atoms with E-state index in [9.17, 15) is 18.0 Å². The third-order valence-electron chi connectivity index (χ3n) is 5.06. The van der Waals surface area contributed by atoms with Crippen molar-refractivity contribution >= 4 is 5.91 Å². The molecule has 1 N–H and O–H groups in total. The van der Waals surface area contributed by atoms with Crippen molar-refractivity contribution in [3.63, 3.8) is 0 Å². The number of nitrogens with zero attached hydrogens (tertiary/aromatic N) is 1. The van der Waals surface area contributed by atoms with Gasteiger partial charge in [0, 0.05) is 38.2 Å². The number of ether oxygens (including phenoxy) is 3. The lowest BCUT2D eigenvalue weighted by molar-refractivity contribution is -0.137. The molecule has 0 aromatic heterocycles. The van der Waals surface area contributed by atoms with Crippen LogP contribution in [0, 0.1) is 5.92 Å². The summed E-state index contributed by atoms with van der Waals surface area (Å²) >= 11 is 0. The number of amides is 1. The van der Waals surface area contributed by atoms with Crippen LogP contribution >= 0.6 is 0 Å². The Morgan fingerprint density at radius 2 is 2.04 bits per heavy atom. The molecule has 2 heterocycles. The van der Waals surface area contributed by atoms with Crippen LogP contribution in [0.25, 0.3) is 0 Å². The van der Waals surface area contributed by atoms with Crippen LogP contribution in [-0.4, -0.2) is 69.5 Å². The van der Waals surface area contributed by atoms with Crippen molar-refractivity contribution in [3.8, 4) is 5.75 Å². The van der Waals surface area contributed by atoms with E-state index in [4.69, 9.17) is 14.2 Å². The maximum atomic E-state index is 12.7. The average molecular weight is 402 g/mol. The summed E-state index contributed by atoms with van der Waals surface area (Å²) in [5, 5.41) is 2.85. The topological polar surface area (TPSA) is 60.0 Å². The minimum absolute atomic E-state index is 0.0129. The van der Waals surface area contributed by atoms with Gasteiger partial charge in [0.2, 0.25) is 0 Å². The summed E-state index contributed by atoms with van der Waals surface area (Å²) in [4.78, 5) is 14.5. The molecule has 0 radical (unpaired) electrons. The molecule has 0 bridgehead atoms. The van der Waals surface area contributed by atoms with Crippen LogP contribution in [-0.2, 0) is 20.4 Å². The van der Waals surface area contributed by atoms with Gasteiger partial charge in [-0.2, -0.15) is 13.2 Å². The Labute approximate surface area is 161 Å². The lowest BCUT2D eigenvalue weighted by Gasteiger charge is -2.37. The van der Waals surface area contributed by atoms with Crippen molar-refractivity contribution in [2.75, 3.05) is 52.7 Å². The predicted octanol–water partition coefficient (Wildman–Crippen LogP) is 1.94. The van der Waals surface area contributed by atoms with Crippen LogP contribution in [0.1, 0.15) is 12.0 Å². The van der Waals surface area contributed by atoms with E-state index < -0.39 is 11.7 Å². The number of halogens is 3. The van der Waals surface area contributed by atoms with Gasteiger partial charge in [0.15, 0.2) is 6.61 Å².